The van der Waals surface area contributed by atoms with E-state index in [9.17, 15) is 4.79 Å². The van der Waals surface area contributed by atoms with Crippen LogP contribution in [0.3, 0.4) is 0 Å². The molecule has 1 aliphatic rings. The molecule has 2 aromatic rings. The van der Waals surface area contributed by atoms with Gasteiger partial charge >= 0.3 is 0 Å². The van der Waals surface area contributed by atoms with Crippen LogP contribution in [0.2, 0.25) is 5.02 Å². The van der Waals surface area contributed by atoms with Gasteiger partial charge in [-0.2, -0.15) is 0 Å². The third-order valence-corrected chi connectivity index (χ3v) is 4.40. The van der Waals surface area contributed by atoms with Gasteiger partial charge in [0.05, 0.1) is 30.5 Å². The van der Waals surface area contributed by atoms with Gasteiger partial charge in [-0.1, -0.05) is 41.9 Å². The van der Waals surface area contributed by atoms with Crippen LogP contribution in [-0.4, -0.2) is 32.2 Å². The number of hydrogen-bond acceptors (Lipinski definition) is 4. The summed E-state index contributed by atoms with van der Waals surface area (Å²) in [6.45, 7) is 2.02. The van der Waals surface area contributed by atoms with Gasteiger partial charge in [0.2, 0.25) is 5.91 Å². The number of aryl methyl sites for hydroxylation is 1. The maximum absolute atomic E-state index is 12.0. The summed E-state index contributed by atoms with van der Waals surface area (Å²) < 4.78 is 11.2. The Balaban J connectivity index is 1.43. The van der Waals surface area contributed by atoms with Gasteiger partial charge in [0.25, 0.3) is 0 Å². The van der Waals surface area contributed by atoms with Gasteiger partial charge in [-0.3, -0.25) is 4.79 Å². The van der Waals surface area contributed by atoms with E-state index in [-0.39, 0.29) is 12.5 Å². The van der Waals surface area contributed by atoms with Crippen molar-refractivity contribution >= 4 is 23.2 Å². The highest BCUT2D eigenvalue weighted by molar-refractivity contribution is 6.33. The number of rotatable bonds is 7. The van der Waals surface area contributed by atoms with Crippen LogP contribution in [0.5, 0.6) is 11.5 Å². The molecule has 0 radical (unpaired) electrons. The Hall–Kier alpha value is -2.40. The van der Waals surface area contributed by atoms with E-state index in [0.717, 1.165) is 19.3 Å². The highest BCUT2D eigenvalue weighted by Gasteiger charge is 2.14. The lowest BCUT2D eigenvalue weighted by Gasteiger charge is -2.13. The highest BCUT2D eigenvalue weighted by atomic mass is 35.5. The van der Waals surface area contributed by atoms with Crippen molar-refractivity contribution in [3.8, 4) is 11.5 Å². The predicted molar refractivity (Wildman–Crippen MR) is 103 cm³/mol. The molecular formula is C20H23ClN2O3. The zero-order chi connectivity index (χ0) is 18.2. The summed E-state index contributed by atoms with van der Waals surface area (Å²) in [4.78, 5) is 12.0. The molecule has 1 aliphatic heterocycles. The number of benzene rings is 2. The molecule has 6 heteroatoms. The Morgan fingerprint density at radius 2 is 1.81 bits per heavy atom. The predicted octanol–water partition coefficient (Wildman–Crippen LogP) is 3.66. The van der Waals surface area contributed by atoms with Crippen molar-refractivity contribution in [2.75, 3.05) is 31.6 Å². The molecule has 0 atom stereocenters. The molecule has 5 nitrogen and oxygen atoms in total. The molecule has 2 N–H and O–H groups in total. The van der Waals surface area contributed by atoms with Crippen molar-refractivity contribution < 1.29 is 14.3 Å². The topological polar surface area (TPSA) is 59.6 Å². The SMILES string of the molecule is O=C(CNc1cc2c(cc1Cl)OCCCO2)NCCCc1ccccc1. The van der Waals surface area contributed by atoms with Gasteiger partial charge in [0, 0.05) is 25.1 Å². The Bertz CT molecular complexity index is 737. The van der Waals surface area contributed by atoms with E-state index < -0.39 is 0 Å². The average molecular weight is 375 g/mol. The van der Waals surface area contributed by atoms with Crippen LogP contribution in [0.15, 0.2) is 42.5 Å². The zero-order valence-electron chi connectivity index (χ0n) is 14.6. The average Bonchev–Trinajstić information content (AvgIpc) is 2.89. The summed E-state index contributed by atoms with van der Waals surface area (Å²) in [6.07, 6.45) is 2.68. The number of nitrogens with one attached hydrogen (secondary N) is 2. The standard InChI is InChI=1S/C20H23ClN2O3/c21-16-12-18-19(26-11-5-10-25-18)13-17(16)23-14-20(24)22-9-4-8-15-6-2-1-3-7-15/h1-3,6-7,12-13,23H,4-5,8-11,14H2,(H,22,24). The lowest BCUT2D eigenvalue weighted by Crippen LogP contribution is -2.30. The number of halogens is 1. The molecule has 0 saturated carbocycles. The Morgan fingerprint density at radius 1 is 1.08 bits per heavy atom. The van der Waals surface area contributed by atoms with Crippen molar-refractivity contribution in [1.29, 1.82) is 0 Å². The normalized spacial score (nSPS) is 13.0. The number of carbonyl (C=O) groups is 1. The monoisotopic (exact) mass is 374 g/mol. The van der Waals surface area contributed by atoms with Gasteiger partial charge < -0.3 is 20.1 Å². The van der Waals surface area contributed by atoms with Crippen LogP contribution in [0, 0.1) is 0 Å². The van der Waals surface area contributed by atoms with Gasteiger partial charge in [0.15, 0.2) is 11.5 Å². The molecule has 0 saturated heterocycles. The maximum atomic E-state index is 12.0. The van der Waals surface area contributed by atoms with Crippen molar-refractivity contribution in [2.45, 2.75) is 19.3 Å². The Morgan fingerprint density at radius 3 is 2.58 bits per heavy atom. The lowest BCUT2D eigenvalue weighted by molar-refractivity contribution is -0.119. The summed E-state index contributed by atoms with van der Waals surface area (Å²) in [7, 11) is 0. The summed E-state index contributed by atoms with van der Waals surface area (Å²) in [5.74, 6) is 1.22. The molecule has 0 aromatic heterocycles. The number of anilines is 1. The summed E-state index contributed by atoms with van der Waals surface area (Å²) in [5.41, 5.74) is 1.94. The minimum Gasteiger partial charge on any atom is -0.490 e. The summed E-state index contributed by atoms with van der Waals surface area (Å²) in [5, 5.41) is 6.48. The fraction of sp³-hybridized carbons (Fsp3) is 0.350. The lowest BCUT2D eigenvalue weighted by atomic mass is 10.1. The quantitative estimate of drug-likeness (QED) is 0.726. The highest BCUT2D eigenvalue weighted by Crippen LogP contribution is 2.37. The first-order chi connectivity index (χ1) is 12.7. The molecule has 0 spiro atoms. The number of carbonyl (C=O) groups excluding carboxylic acids is 1. The number of fused-ring (bicyclic) bond motifs is 1. The molecule has 0 bridgehead atoms. The fourth-order valence-corrected chi connectivity index (χ4v) is 2.94. The maximum Gasteiger partial charge on any atom is 0.239 e. The molecule has 3 rings (SSSR count). The van der Waals surface area contributed by atoms with Gasteiger partial charge in [0.1, 0.15) is 0 Å². The molecule has 138 valence electrons. The first-order valence-electron chi connectivity index (χ1n) is 8.86. The van der Waals surface area contributed by atoms with Gasteiger partial charge in [-0.15, -0.1) is 0 Å². The third kappa shape index (κ3) is 5.30. The van der Waals surface area contributed by atoms with Gasteiger partial charge in [-0.25, -0.2) is 0 Å². The van der Waals surface area contributed by atoms with E-state index in [1.54, 1.807) is 12.1 Å². The van der Waals surface area contributed by atoms with Crippen molar-refractivity contribution in [1.82, 2.24) is 5.32 Å². The van der Waals surface area contributed by atoms with E-state index in [2.05, 4.69) is 22.8 Å². The van der Waals surface area contributed by atoms with E-state index in [1.165, 1.54) is 5.56 Å². The van der Waals surface area contributed by atoms with Crippen LogP contribution in [0.1, 0.15) is 18.4 Å². The summed E-state index contributed by atoms with van der Waals surface area (Å²) in [6, 6.07) is 13.7. The zero-order valence-corrected chi connectivity index (χ0v) is 15.3. The van der Waals surface area contributed by atoms with Crippen LogP contribution in [0.4, 0.5) is 5.69 Å². The minimum atomic E-state index is -0.0683. The van der Waals surface area contributed by atoms with Crippen molar-refractivity contribution in [2.24, 2.45) is 0 Å². The van der Waals surface area contributed by atoms with E-state index >= 15 is 0 Å². The Labute approximate surface area is 158 Å². The second-order valence-electron chi connectivity index (χ2n) is 6.12. The largest absolute Gasteiger partial charge is 0.490 e. The van der Waals surface area contributed by atoms with E-state index in [1.807, 2.05) is 18.2 Å². The smallest absolute Gasteiger partial charge is 0.239 e. The molecule has 0 fully saturated rings. The second kappa shape index (κ2) is 9.34. The molecule has 0 unspecified atom stereocenters. The molecule has 2 aromatic carbocycles. The molecule has 26 heavy (non-hydrogen) atoms. The fourth-order valence-electron chi connectivity index (χ4n) is 2.72. The van der Waals surface area contributed by atoms with Crippen molar-refractivity contribution in [3.63, 3.8) is 0 Å². The number of amides is 1. The van der Waals surface area contributed by atoms with Crippen LogP contribution >= 0.6 is 11.6 Å². The number of ether oxygens (including phenoxy) is 2. The third-order valence-electron chi connectivity index (χ3n) is 4.08. The summed E-state index contributed by atoms with van der Waals surface area (Å²) >= 11 is 6.26. The van der Waals surface area contributed by atoms with Crippen LogP contribution in [-0.2, 0) is 11.2 Å². The van der Waals surface area contributed by atoms with Gasteiger partial charge in [-0.05, 0) is 18.4 Å². The van der Waals surface area contributed by atoms with Crippen molar-refractivity contribution in [3.05, 3.63) is 53.1 Å². The Kier molecular flexibility index (Phi) is 6.61. The number of hydrogen-bond donors (Lipinski definition) is 2. The first-order valence-corrected chi connectivity index (χ1v) is 9.24. The molecule has 1 heterocycles. The van der Waals surface area contributed by atoms with E-state index in [0.29, 0.717) is 42.0 Å². The van der Waals surface area contributed by atoms with Crippen LogP contribution < -0.4 is 20.1 Å². The molecule has 0 aliphatic carbocycles. The first kappa shape index (κ1) is 18.4. The second-order valence-corrected chi connectivity index (χ2v) is 6.53. The minimum absolute atomic E-state index is 0.0683. The molecular weight excluding hydrogens is 352 g/mol. The molecule has 1 amide bonds. The van der Waals surface area contributed by atoms with E-state index in [4.69, 9.17) is 21.1 Å². The van der Waals surface area contributed by atoms with Crippen LogP contribution in [0.25, 0.3) is 0 Å².